The van der Waals surface area contributed by atoms with E-state index in [1.165, 1.54) is 6.07 Å². The second-order valence-corrected chi connectivity index (χ2v) is 7.61. The summed E-state index contributed by atoms with van der Waals surface area (Å²) in [7, 11) is 0. The quantitative estimate of drug-likeness (QED) is 0.611. The molecule has 4 rings (SSSR count). The van der Waals surface area contributed by atoms with Gasteiger partial charge in [0.15, 0.2) is 0 Å². The van der Waals surface area contributed by atoms with Crippen LogP contribution < -0.4 is 10.2 Å². The topological polar surface area (TPSA) is 41.1 Å². The van der Waals surface area contributed by atoms with Crippen molar-refractivity contribution in [2.75, 3.05) is 16.8 Å². The molecule has 6 heteroatoms. The molecule has 144 valence electrons. The van der Waals surface area contributed by atoms with Gasteiger partial charge in [0.05, 0.1) is 6.04 Å². The van der Waals surface area contributed by atoms with E-state index in [9.17, 15) is 4.39 Å². The van der Waals surface area contributed by atoms with Crippen molar-refractivity contribution in [3.63, 3.8) is 0 Å². The van der Waals surface area contributed by atoms with Crippen LogP contribution in [0.25, 0.3) is 0 Å². The molecule has 2 aromatic carbocycles. The molecule has 1 unspecified atom stereocenters. The molecule has 0 radical (unpaired) electrons. The van der Waals surface area contributed by atoms with E-state index < -0.39 is 0 Å². The lowest BCUT2D eigenvalue weighted by Crippen LogP contribution is -2.35. The van der Waals surface area contributed by atoms with Gasteiger partial charge in [-0.1, -0.05) is 17.7 Å². The van der Waals surface area contributed by atoms with Crippen molar-refractivity contribution < 1.29 is 4.39 Å². The van der Waals surface area contributed by atoms with Gasteiger partial charge in [0.25, 0.3) is 0 Å². The summed E-state index contributed by atoms with van der Waals surface area (Å²) in [5.74, 6) is 1.28. The molecule has 2 heterocycles. The van der Waals surface area contributed by atoms with Gasteiger partial charge in [-0.3, -0.25) is 0 Å². The number of nitrogens with zero attached hydrogens (tertiary/aromatic N) is 3. The van der Waals surface area contributed by atoms with E-state index >= 15 is 0 Å². The number of halogens is 2. The zero-order valence-corrected chi connectivity index (χ0v) is 16.9. The molecule has 1 aromatic heterocycles. The summed E-state index contributed by atoms with van der Waals surface area (Å²) in [4.78, 5) is 11.7. The van der Waals surface area contributed by atoms with Crippen LogP contribution in [0.4, 0.5) is 21.8 Å². The van der Waals surface area contributed by atoms with Crippen LogP contribution in [0.3, 0.4) is 0 Å². The summed E-state index contributed by atoms with van der Waals surface area (Å²) in [6.45, 7) is 6.96. The molecule has 0 aliphatic carbocycles. The van der Waals surface area contributed by atoms with Crippen LogP contribution >= 0.6 is 11.6 Å². The van der Waals surface area contributed by atoms with Gasteiger partial charge in [-0.05, 0) is 74.7 Å². The first-order valence-corrected chi connectivity index (χ1v) is 9.73. The first kappa shape index (κ1) is 18.7. The van der Waals surface area contributed by atoms with E-state index in [2.05, 4.69) is 22.1 Å². The van der Waals surface area contributed by atoms with Crippen LogP contribution in [0.1, 0.15) is 35.3 Å². The Morgan fingerprint density at radius 3 is 2.61 bits per heavy atom. The zero-order chi connectivity index (χ0) is 19.8. The van der Waals surface area contributed by atoms with Gasteiger partial charge in [-0.15, -0.1) is 0 Å². The van der Waals surface area contributed by atoms with E-state index in [0.29, 0.717) is 11.0 Å². The first-order chi connectivity index (χ1) is 13.4. The van der Waals surface area contributed by atoms with Crippen LogP contribution in [0.2, 0.25) is 5.02 Å². The molecule has 0 saturated carbocycles. The van der Waals surface area contributed by atoms with Crippen molar-refractivity contribution in [3.05, 3.63) is 75.7 Å². The Morgan fingerprint density at radius 1 is 1.11 bits per heavy atom. The summed E-state index contributed by atoms with van der Waals surface area (Å²) in [6.07, 6.45) is 0.792. The number of aryl methyl sites for hydroxylation is 1. The van der Waals surface area contributed by atoms with E-state index in [1.807, 2.05) is 44.2 Å². The van der Waals surface area contributed by atoms with Crippen molar-refractivity contribution in [3.8, 4) is 0 Å². The Labute approximate surface area is 169 Å². The number of aromatic nitrogens is 2. The predicted molar refractivity (Wildman–Crippen MR) is 112 cm³/mol. The van der Waals surface area contributed by atoms with Crippen LogP contribution in [0, 0.1) is 19.7 Å². The number of benzene rings is 2. The number of hydrogen-bond acceptors (Lipinski definition) is 4. The van der Waals surface area contributed by atoms with Crippen molar-refractivity contribution >= 4 is 29.1 Å². The fourth-order valence-corrected chi connectivity index (χ4v) is 3.83. The lowest BCUT2D eigenvalue weighted by atomic mass is 9.93. The third-order valence-electron chi connectivity index (χ3n) is 5.38. The molecule has 1 N–H and O–H groups in total. The summed E-state index contributed by atoms with van der Waals surface area (Å²) in [5.41, 5.74) is 5.09. The highest BCUT2D eigenvalue weighted by molar-refractivity contribution is 6.30. The van der Waals surface area contributed by atoms with E-state index in [1.54, 1.807) is 6.07 Å². The molecule has 1 aliphatic rings. The van der Waals surface area contributed by atoms with Gasteiger partial charge in [0.2, 0.25) is 5.95 Å². The van der Waals surface area contributed by atoms with Crippen LogP contribution in [-0.4, -0.2) is 16.5 Å². The molecule has 0 amide bonds. The lowest BCUT2D eigenvalue weighted by molar-refractivity contribution is 0.593. The van der Waals surface area contributed by atoms with E-state index in [0.717, 1.165) is 46.9 Å². The highest BCUT2D eigenvalue weighted by Gasteiger charge is 2.27. The van der Waals surface area contributed by atoms with Gasteiger partial charge >= 0.3 is 0 Å². The third kappa shape index (κ3) is 3.54. The highest BCUT2D eigenvalue weighted by Crippen LogP contribution is 2.35. The normalized spacial score (nSPS) is 16.0. The molecular formula is C22H22ClFN4. The molecule has 4 nitrogen and oxygen atoms in total. The van der Waals surface area contributed by atoms with Gasteiger partial charge < -0.3 is 10.2 Å². The highest BCUT2D eigenvalue weighted by atomic mass is 35.5. The Hall–Kier alpha value is -2.66. The standard InChI is InChI=1S/C22H22ClFN4/c1-13-14(2)25-22(26-19-7-4-17(23)5-8-19)27-21(13)28-11-10-16-12-18(24)6-9-20(16)15(28)3/h4-9,12,15H,10-11H2,1-3H3,(H,25,26,27). The smallest absolute Gasteiger partial charge is 0.229 e. The first-order valence-electron chi connectivity index (χ1n) is 9.35. The molecular weight excluding hydrogens is 375 g/mol. The predicted octanol–water partition coefficient (Wildman–Crippen LogP) is 5.75. The van der Waals surface area contributed by atoms with Crippen molar-refractivity contribution in [2.45, 2.75) is 33.2 Å². The second-order valence-electron chi connectivity index (χ2n) is 7.18. The third-order valence-corrected chi connectivity index (χ3v) is 5.63. The van der Waals surface area contributed by atoms with Crippen molar-refractivity contribution in [1.29, 1.82) is 0 Å². The minimum Gasteiger partial charge on any atom is -0.349 e. The Balaban J connectivity index is 1.68. The average Bonchev–Trinajstić information content (AvgIpc) is 2.67. The second kappa shape index (κ2) is 7.40. The molecule has 1 atom stereocenters. The summed E-state index contributed by atoms with van der Waals surface area (Å²) in [6, 6.07) is 12.6. The fraction of sp³-hybridized carbons (Fsp3) is 0.273. The minimum atomic E-state index is -0.178. The van der Waals surface area contributed by atoms with Crippen molar-refractivity contribution in [2.24, 2.45) is 0 Å². The molecule has 0 bridgehead atoms. The molecule has 28 heavy (non-hydrogen) atoms. The SMILES string of the molecule is Cc1nc(Nc2ccc(Cl)cc2)nc(N2CCc3cc(F)ccc3C2C)c1C. The van der Waals surface area contributed by atoms with Gasteiger partial charge in [0.1, 0.15) is 11.6 Å². The lowest BCUT2D eigenvalue weighted by Gasteiger charge is -2.37. The maximum Gasteiger partial charge on any atom is 0.229 e. The molecule has 1 aliphatic heterocycles. The van der Waals surface area contributed by atoms with Crippen molar-refractivity contribution in [1.82, 2.24) is 9.97 Å². The van der Waals surface area contributed by atoms with Crippen LogP contribution in [-0.2, 0) is 6.42 Å². The number of rotatable bonds is 3. The number of nitrogens with one attached hydrogen (secondary N) is 1. The summed E-state index contributed by atoms with van der Waals surface area (Å²) in [5, 5.41) is 3.95. The molecule has 0 fully saturated rings. The fourth-order valence-electron chi connectivity index (χ4n) is 3.70. The number of hydrogen-bond donors (Lipinski definition) is 1. The van der Waals surface area contributed by atoms with Gasteiger partial charge in [-0.25, -0.2) is 9.37 Å². The Bertz CT molecular complexity index is 1020. The van der Waals surface area contributed by atoms with E-state index in [-0.39, 0.29) is 11.9 Å². The summed E-state index contributed by atoms with van der Waals surface area (Å²) >= 11 is 5.97. The van der Waals surface area contributed by atoms with Crippen LogP contribution in [0.15, 0.2) is 42.5 Å². The number of fused-ring (bicyclic) bond motifs is 1. The minimum absolute atomic E-state index is 0.112. The molecule has 0 spiro atoms. The maximum absolute atomic E-state index is 13.6. The monoisotopic (exact) mass is 396 g/mol. The maximum atomic E-state index is 13.6. The van der Waals surface area contributed by atoms with Gasteiger partial charge in [-0.2, -0.15) is 4.98 Å². The average molecular weight is 397 g/mol. The van der Waals surface area contributed by atoms with E-state index in [4.69, 9.17) is 16.6 Å². The van der Waals surface area contributed by atoms with Crippen LogP contribution in [0.5, 0.6) is 0 Å². The van der Waals surface area contributed by atoms with Gasteiger partial charge in [0, 0.05) is 28.5 Å². The zero-order valence-electron chi connectivity index (χ0n) is 16.1. The molecule has 0 saturated heterocycles. The Morgan fingerprint density at radius 2 is 1.86 bits per heavy atom. The summed E-state index contributed by atoms with van der Waals surface area (Å²) < 4.78 is 13.6. The number of anilines is 3. The Kier molecular flexibility index (Phi) is 4.94. The largest absolute Gasteiger partial charge is 0.349 e. The molecule has 3 aromatic rings.